The molecule has 1 aliphatic rings. The van der Waals surface area contributed by atoms with Gasteiger partial charge in [-0.05, 0) is 69.5 Å². The van der Waals surface area contributed by atoms with Crippen LogP contribution in [0, 0.1) is 0 Å². The third kappa shape index (κ3) is 5.38. The van der Waals surface area contributed by atoms with Crippen LogP contribution >= 0.6 is 0 Å². The van der Waals surface area contributed by atoms with Crippen LogP contribution in [0.25, 0.3) is 11.4 Å². The predicted molar refractivity (Wildman–Crippen MR) is 133 cm³/mol. The number of nitrogens with two attached hydrogens (primary N) is 1. The first kappa shape index (κ1) is 26.4. The molecule has 0 bridgehead atoms. The van der Waals surface area contributed by atoms with E-state index < -0.39 is 31.2 Å². The molecule has 0 aliphatic heterocycles. The van der Waals surface area contributed by atoms with E-state index in [2.05, 4.69) is 20.6 Å². The second kappa shape index (κ2) is 9.66. The summed E-state index contributed by atoms with van der Waals surface area (Å²) in [5.74, 6) is 0.0438. The van der Waals surface area contributed by atoms with Crippen molar-refractivity contribution in [2.45, 2.75) is 55.0 Å². The van der Waals surface area contributed by atoms with Crippen LogP contribution in [0.4, 0.5) is 29.5 Å². The fourth-order valence-electron chi connectivity index (χ4n) is 3.86. The molecular weight excluding hydrogens is 507 g/mol. The number of rotatable bonds is 6. The standard InChI is InChI=1S/C25H26F3N5O3S/c1-24(2,37(35,36)19-9-4-3-8-18(19)25(26,27)28)20-14-21(29)33-22(32-20)15-10-12-17(13-11-15)31-23(34)30-16-6-5-7-16/h3-4,8-14,16H,5-7H2,1-2H3,(H2,29,32,33)(H2,30,31,34). The number of amides is 2. The Kier molecular flexibility index (Phi) is 6.89. The molecule has 1 aliphatic carbocycles. The average Bonchev–Trinajstić information content (AvgIpc) is 2.81. The lowest BCUT2D eigenvalue weighted by Crippen LogP contribution is -2.41. The minimum atomic E-state index is -4.86. The number of carbonyl (C=O) groups excluding carboxylic acids is 1. The number of sulfone groups is 1. The van der Waals surface area contributed by atoms with Crippen LogP contribution in [-0.2, 0) is 20.8 Å². The van der Waals surface area contributed by atoms with E-state index in [1.807, 2.05) is 0 Å². The monoisotopic (exact) mass is 533 g/mol. The quantitative estimate of drug-likeness (QED) is 0.403. The van der Waals surface area contributed by atoms with E-state index in [0.717, 1.165) is 37.5 Å². The van der Waals surface area contributed by atoms with Gasteiger partial charge in [0.25, 0.3) is 0 Å². The minimum Gasteiger partial charge on any atom is -0.384 e. The van der Waals surface area contributed by atoms with E-state index in [4.69, 9.17) is 5.73 Å². The number of nitrogens with zero attached hydrogens (tertiary/aromatic N) is 2. The highest BCUT2D eigenvalue weighted by Crippen LogP contribution is 2.41. The molecule has 0 atom stereocenters. The number of urea groups is 1. The Hall–Kier alpha value is -3.67. The van der Waals surface area contributed by atoms with Crippen molar-refractivity contribution in [3.8, 4) is 11.4 Å². The molecule has 4 rings (SSSR count). The molecule has 1 saturated carbocycles. The molecule has 196 valence electrons. The number of anilines is 2. The maximum atomic E-state index is 13.6. The highest BCUT2D eigenvalue weighted by Gasteiger charge is 2.45. The zero-order chi connectivity index (χ0) is 27.0. The summed E-state index contributed by atoms with van der Waals surface area (Å²) in [5, 5.41) is 5.60. The van der Waals surface area contributed by atoms with E-state index >= 15 is 0 Å². The number of carbonyl (C=O) groups is 1. The molecule has 3 aromatic rings. The van der Waals surface area contributed by atoms with Crippen LogP contribution in [0.5, 0.6) is 0 Å². The molecule has 2 aromatic carbocycles. The summed E-state index contributed by atoms with van der Waals surface area (Å²) in [6.07, 6.45) is -1.86. The van der Waals surface area contributed by atoms with E-state index in [0.29, 0.717) is 11.3 Å². The predicted octanol–water partition coefficient (Wildman–Crippen LogP) is 5.13. The van der Waals surface area contributed by atoms with Crippen molar-refractivity contribution in [2.75, 3.05) is 11.1 Å². The Bertz CT molecular complexity index is 1420. The smallest absolute Gasteiger partial charge is 0.384 e. The van der Waals surface area contributed by atoms with Crippen LogP contribution in [0.3, 0.4) is 0 Å². The topological polar surface area (TPSA) is 127 Å². The third-order valence-electron chi connectivity index (χ3n) is 6.36. The van der Waals surface area contributed by atoms with Gasteiger partial charge in [0.1, 0.15) is 10.6 Å². The van der Waals surface area contributed by atoms with Crippen molar-refractivity contribution in [3.05, 3.63) is 65.9 Å². The van der Waals surface area contributed by atoms with Crippen LogP contribution in [-0.4, -0.2) is 30.5 Å². The molecular formula is C25H26F3N5O3S. The Morgan fingerprint density at radius 1 is 1.03 bits per heavy atom. The zero-order valence-corrected chi connectivity index (χ0v) is 20.9. The minimum absolute atomic E-state index is 0.0468. The zero-order valence-electron chi connectivity index (χ0n) is 20.1. The van der Waals surface area contributed by atoms with E-state index in [-0.39, 0.29) is 29.4 Å². The second-order valence-corrected chi connectivity index (χ2v) is 11.8. The van der Waals surface area contributed by atoms with Crippen molar-refractivity contribution < 1.29 is 26.4 Å². The van der Waals surface area contributed by atoms with Crippen molar-refractivity contribution in [1.29, 1.82) is 0 Å². The fourth-order valence-corrected chi connectivity index (χ4v) is 5.52. The van der Waals surface area contributed by atoms with Crippen LogP contribution in [0.2, 0.25) is 0 Å². The number of alkyl halides is 3. The molecule has 4 N–H and O–H groups in total. The third-order valence-corrected chi connectivity index (χ3v) is 8.85. The average molecular weight is 534 g/mol. The Morgan fingerprint density at radius 2 is 1.68 bits per heavy atom. The van der Waals surface area contributed by atoms with Gasteiger partial charge in [-0.25, -0.2) is 23.2 Å². The lowest BCUT2D eigenvalue weighted by atomic mass is 9.93. The molecule has 37 heavy (non-hydrogen) atoms. The molecule has 0 saturated heterocycles. The maximum absolute atomic E-state index is 13.6. The summed E-state index contributed by atoms with van der Waals surface area (Å²) >= 11 is 0. The summed E-state index contributed by atoms with van der Waals surface area (Å²) < 4.78 is 65.8. The van der Waals surface area contributed by atoms with Crippen LogP contribution in [0.1, 0.15) is 44.4 Å². The molecule has 0 radical (unpaired) electrons. The largest absolute Gasteiger partial charge is 0.417 e. The highest BCUT2D eigenvalue weighted by molar-refractivity contribution is 7.92. The molecule has 2 amide bonds. The van der Waals surface area contributed by atoms with Gasteiger partial charge < -0.3 is 16.4 Å². The van der Waals surface area contributed by atoms with E-state index in [1.54, 1.807) is 24.3 Å². The van der Waals surface area contributed by atoms with Crippen LogP contribution in [0.15, 0.2) is 59.5 Å². The summed E-state index contributed by atoms with van der Waals surface area (Å²) in [7, 11) is -4.57. The van der Waals surface area contributed by atoms with Gasteiger partial charge >= 0.3 is 12.2 Å². The number of nitrogens with one attached hydrogen (secondary N) is 2. The second-order valence-electron chi connectivity index (χ2n) is 9.31. The number of aromatic nitrogens is 2. The van der Waals surface area contributed by atoms with Gasteiger partial charge in [-0.2, -0.15) is 13.2 Å². The summed E-state index contributed by atoms with van der Waals surface area (Å²) in [5.41, 5.74) is 5.63. The molecule has 1 heterocycles. The summed E-state index contributed by atoms with van der Waals surface area (Å²) in [4.78, 5) is 19.8. The van der Waals surface area contributed by atoms with Gasteiger partial charge in [0.2, 0.25) is 0 Å². The molecule has 1 aromatic heterocycles. The number of hydrogen-bond donors (Lipinski definition) is 3. The van der Waals surface area contributed by atoms with Gasteiger partial charge in [0, 0.05) is 23.4 Å². The number of hydrogen-bond acceptors (Lipinski definition) is 6. The first-order chi connectivity index (χ1) is 17.3. The lowest BCUT2D eigenvalue weighted by molar-refractivity contribution is -0.139. The Morgan fingerprint density at radius 3 is 2.27 bits per heavy atom. The molecule has 8 nitrogen and oxygen atoms in total. The van der Waals surface area contributed by atoms with Gasteiger partial charge in [-0.3, -0.25) is 0 Å². The molecule has 0 spiro atoms. The van der Waals surface area contributed by atoms with Gasteiger partial charge in [0.15, 0.2) is 15.7 Å². The van der Waals surface area contributed by atoms with Crippen molar-refractivity contribution in [1.82, 2.24) is 15.3 Å². The molecule has 1 fully saturated rings. The van der Waals surface area contributed by atoms with Crippen LogP contribution < -0.4 is 16.4 Å². The number of halogens is 3. The normalized spacial score (nSPS) is 14.6. The van der Waals surface area contributed by atoms with Gasteiger partial charge in [-0.15, -0.1) is 0 Å². The fraction of sp³-hybridized carbons (Fsp3) is 0.320. The Labute approximate surface area is 212 Å². The summed E-state index contributed by atoms with van der Waals surface area (Å²) in [6.45, 7) is 2.55. The SMILES string of the molecule is CC(C)(c1cc(N)nc(-c2ccc(NC(=O)NC3CCC3)cc2)n1)S(=O)(=O)c1ccccc1C(F)(F)F. The maximum Gasteiger partial charge on any atom is 0.417 e. The van der Waals surface area contributed by atoms with E-state index in [1.165, 1.54) is 26.0 Å². The van der Waals surface area contributed by atoms with Crippen molar-refractivity contribution >= 4 is 27.4 Å². The summed E-state index contributed by atoms with van der Waals surface area (Å²) in [6, 6.07) is 11.6. The number of nitrogen functional groups attached to an aromatic ring is 1. The molecule has 12 heteroatoms. The first-order valence-corrected chi connectivity index (χ1v) is 13.0. The van der Waals surface area contributed by atoms with Gasteiger partial charge in [0.05, 0.1) is 16.2 Å². The van der Waals surface area contributed by atoms with E-state index in [9.17, 15) is 26.4 Å². The number of benzene rings is 2. The first-order valence-electron chi connectivity index (χ1n) is 11.5. The Balaban J connectivity index is 1.64. The van der Waals surface area contributed by atoms with Gasteiger partial charge in [-0.1, -0.05) is 12.1 Å². The highest BCUT2D eigenvalue weighted by atomic mass is 32.2. The lowest BCUT2D eigenvalue weighted by Gasteiger charge is -2.26. The van der Waals surface area contributed by atoms with Crippen molar-refractivity contribution in [3.63, 3.8) is 0 Å². The van der Waals surface area contributed by atoms with Crippen molar-refractivity contribution in [2.24, 2.45) is 0 Å². The molecule has 0 unspecified atom stereocenters.